The standard InChI is InChI=1S/C19H30O4/c1-19-11-9-7-5-4-6-8-10-17(23-14-21-2)16(18(19)20)12-15(13-19)22-3/h12-13,17H,4-11,14H2,1-3H3/t17-,19-/m0/s1. The molecule has 0 heterocycles. The molecule has 4 nitrogen and oxygen atoms in total. The topological polar surface area (TPSA) is 44.8 Å². The SMILES string of the molecule is COCO[C@H]1CCCCCCCC[C@@]2(C)C=C(OC)C=C1C2=O. The molecule has 130 valence electrons. The monoisotopic (exact) mass is 322 g/mol. The van der Waals surface area contributed by atoms with Gasteiger partial charge in [-0.15, -0.1) is 0 Å². The first-order valence-electron chi connectivity index (χ1n) is 8.74. The molecule has 0 aromatic rings. The Balaban J connectivity index is 2.30. The average molecular weight is 322 g/mol. The van der Waals surface area contributed by atoms with Crippen molar-refractivity contribution in [1.29, 1.82) is 0 Å². The van der Waals surface area contributed by atoms with Gasteiger partial charge in [0.05, 0.1) is 18.6 Å². The molecule has 2 atom stereocenters. The van der Waals surface area contributed by atoms with E-state index in [9.17, 15) is 4.79 Å². The fourth-order valence-electron chi connectivity index (χ4n) is 3.52. The van der Waals surface area contributed by atoms with E-state index in [0.717, 1.165) is 37.0 Å². The highest BCUT2D eigenvalue weighted by atomic mass is 16.7. The molecule has 2 rings (SSSR count). The zero-order valence-corrected chi connectivity index (χ0v) is 14.7. The summed E-state index contributed by atoms with van der Waals surface area (Å²) in [5, 5.41) is 0. The highest BCUT2D eigenvalue weighted by molar-refractivity contribution is 6.03. The van der Waals surface area contributed by atoms with Gasteiger partial charge in [0.1, 0.15) is 12.6 Å². The van der Waals surface area contributed by atoms with E-state index < -0.39 is 5.41 Å². The smallest absolute Gasteiger partial charge is 0.171 e. The molecule has 23 heavy (non-hydrogen) atoms. The molecule has 4 heteroatoms. The van der Waals surface area contributed by atoms with Crippen molar-refractivity contribution in [2.45, 2.75) is 64.4 Å². The summed E-state index contributed by atoms with van der Waals surface area (Å²) in [6.07, 6.45) is 12.4. The van der Waals surface area contributed by atoms with E-state index in [1.807, 2.05) is 19.1 Å². The average Bonchev–Trinajstić information content (AvgIpc) is 2.55. The zero-order chi connectivity index (χ0) is 16.7. The van der Waals surface area contributed by atoms with Crippen LogP contribution < -0.4 is 0 Å². The first kappa shape index (κ1) is 18.2. The predicted octanol–water partition coefficient (Wildman–Crippen LogP) is 4.16. The minimum Gasteiger partial charge on any atom is -0.497 e. The van der Waals surface area contributed by atoms with Crippen LogP contribution in [0.4, 0.5) is 0 Å². The van der Waals surface area contributed by atoms with Gasteiger partial charge in [0.15, 0.2) is 5.78 Å². The maximum atomic E-state index is 13.1. The van der Waals surface area contributed by atoms with Crippen molar-refractivity contribution in [2.24, 2.45) is 5.41 Å². The van der Waals surface area contributed by atoms with Gasteiger partial charge in [0.2, 0.25) is 0 Å². The van der Waals surface area contributed by atoms with Gasteiger partial charge in [0, 0.05) is 12.7 Å². The van der Waals surface area contributed by atoms with E-state index in [1.165, 1.54) is 25.7 Å². The van der Waals surface area contributed by atoms with Crippen molar-refractivity contribution in [3.8, 4) is 0 Å². The summed E-state index contributed by atoms with van der Waals surface area (Å²) in [7, 11) is 3.27. The number of ether oxygens (including phenoxy) is 3. The summed E-state index contributed by atoms with van der Waals surface area (Å²) < 4.78 is 16.4. The number of ketones is 1. The predicted molar refractivity (Wildman–Crippen MR) is 90.0 cm³/mol. The van der Waals surface area contributed by atoms with Gasteiger partial charge < -0.3 is 14.2 Å². The second kappa shape index (κ2) is 8.65. The van der Waals surface area contributed by atoms with Crippen molar-refractivity contribution < 1.29 is 19.0 Å². The Morgan fingerprint density at radius 3 is 2.52 bits per heavy atom. The van der Waals surface area contributed by atoms with Gasteiger partial charge in [-0.3, -0.25) is 4.79 Å². The van der Waals surface area contributed by atoms with E-state index in [2.05, 4.69) is 0 Å². The Labute approximate surface area is 139 Å². The quantitative estimate of drug-likeness (QED) is 0.729. The summed E-state index contributed by atoms with van der Waals surface area (Å²) >= 11 is 0. The Morgan fingerprint density at radius 2 is 1.83 bits per heavy atom. The molecule has 2 aliphatic carbocycles. The lowest BCUT2D eigenvalue weighted by Gasteiger charge is -2.33. The minimum absolute atomic E-state index is 0.181. The number of hydrogen-bond donors (Lipinski definition) is 0. The molecule has 0 radical (unpaired) electrons. The van der Waals surface area contributed by atoms with Crippen LogP contribution in [0.2, 0.25) is 0 Å². The number of Topliss-reactive ketones (excluding diaryl/α,β-unsaturated/α-hetero) is 1. The van der Waals surface area contributed by atoms with Gasteiger partial charge in [-0.05, 0) is 31.9 Å². The molecule has 0 amide bonds. The molecule has 1 fully saturated rings. The molecule has 0 saturated heterocycles. The van der Waals surface area contributed by atoms with Crippen molar-refractivity contribution in [2.75, 3.05) is 21.0 Å². The molecule has 0 aromatic heterocycles. The number of carbonyl (C=O) groups excluding carboxylic acids is 1. The number of allylic oxidation sites excluding steroid dienone is 2. The lowest BCUT2D eigenvalue weighted by molar-refractivity contribution is -0.126. The van der Waals surface area contributed by atoms with Crippen LogP contribution in [0.5, 0.6) is 0 Å². The Kier molecular flexibility index (Phi) is 6.85. The van der Waals surface area contributed by atoms with Crippen LogP contribution in [-0.2, 0) is 19.0 Å². The van der Waals surface area contributed by atoms with E-state index in [0.29, 0.717) is 0 Å². The van der Waals surface area contributed by atoms with Crippen LogP contribution in [0, 0.1) is 5.41 Å². The third-order valence-electron chi connectivity index (χ3n) is 4.92. The molecule has 0 unspecified atom stereocenters. The van der Waals surface area contributed by atoms with Crippen molar-refractivity contribution >= 4 is 5.78 Å². The largest absolute Gasteiger partial charge is 0.497 e. The first-order valence-corrected chi connectivity index (χ1v) is 8.74. The third kappa shape index (κ3) is 4.67. The van der Waals surface area contributed by atoms with Gasteiger partial charge in [-0.25, -0.2) is 0 Å². The molecular formula is C19H30O4. The fourth-order valence-corrected chi connectivity index (χ4v) is 3.52. The number of hydrogen-bond acceptors (Lipinski definition) is 4. The molecule has 2 bridgehead atoms. The zero-order valence-electron chi connectivity index (χ0n) is 14.7. The maximum Gasteiger partial charge on any atom is 0.171 e. The summed E-state index contributed by atoms with van der Waals surface area (Å²) in [6.45, 7) is 2.23. The second-order valence-electron chi connectivity index (χ2n) is 6.82. The first-order chi connectivity index (χ1) is 11.1. The molecule has 1 saturated carbocycles. The lowest BCUT2D eigenvalue weighted by atomic mass is 9.72. The normalized spacial score (nSPS) is 29.9. The summed E-state index contributed by atoms with van der Waals surface area (Å²) in [5.74, 6) is 0.949. The minimum atomic E-state index is -0.483. The molecule has 0 aromatic carbocycles. The Hall–Kier alpha value is -1.13. The third-order valence-corrected chi connectivity index (χ3v) is 4.92. The van der Waals surface area contributed by atoms with Crippen molar-refractivity contribution in [3.63, 3.8) is 0 Å². The number of carbonyl (C=O) groups is 1. The highest BCUT2D eigenvalue weighted by Crippen LogP contribution is 2.38. The van der Waals surface area contributed by atoms with Crippen LogP contribution in [0.1, 0.15) is 58.3 Å². The van der Waals surface area contributed by atoms with Crippen LogP contribution in [0.3, 0.4) is 0 Å². The van der Waals surface area contributed by atoms with Crippen LogP contribution in [0.25, 0.3) is 0 Å². The highest BCUT2D eigenvalue weighted by Gasteiger charge is 2.39. The van der Waals surface area contributed by atoms with Crippen LogP contribution >= 0.6 is 0 Å². The molecule has 0 spiro atoms. The molecular weight excluding hydrogens is 292 g/mol. The van der Waals surface area contributed by atoms with E-state index in [4.69, 9.17) is 14.2 Å². The molecule has 0 aliphatic heterocycles. The van der Waals surface area contributed by atoms with E-state index >= 15 is 0 Å². The second-order valence-corrected chi connectivity index (χ2v) is 6.82. The maximum absolute atomic E-state index is 13.1. The van der Waals surface area contributed by atoms with Crippen LogP contribution in [-0.4, -0.2) is 32.9 Å². The van der Waals surface area contributed by atoms with E-state index in [-0.39, 0.29) is 18.7 Å². The molecule has 0 N–H and O–H groups in total. The number of rotatable bonds is 4. The summed E-state index contributed by atoms with van der Waals surface area (Å²) in [4.78, 5) is 13.1. The number of fused-ring (bicyclic) bond motifs is 2. The van der Waals surface area contributed by atoms with Gasteiger partial charge in [-0.1, -0.05) is 38.5 Å². The fraction of sp³-hybridized carbons (Fsp3) is 0.737. The Bertz CT molecular complexity index is 466. The summed E-state index contributed by atoms with van der Waals surface area (Å²) in [6, 6.07) is 0. The summed E-state index contributed by atoms with van der Waals surface area (Å²) in [5.41, 5.74) is 0.257. The van der Waals surface area contributed by atoms with Gasteiger partial charge in [0.25, 0.3) is 0 Å². The van der Waals surface area contributed by atoms with Crippen LogP contribution in [0.15, 0.2) is 23.5 Å². The lowest BCUT2D eigenvalue weighted by Crippen LogP contribution is -2.36. The van der Waals surface area contributed by atoms with Gasteiger partial charge in [-0.2, -0.15) is 0 Å². The van der Waals surface area contributed by atoms with Crippen molar-refractivity contribution in [3.05, 3.63) is 23.5 Å². The van der Waals surface area contributed by atoms with Crippen molar-refractivity contribution in [1.82, 2.24) is 0 Å². The number of methoxy groups -OCH3 is 2. The van der Waals surface area contributed by atoms with Gasteiger partial charge >= 0.3 is 0 Å². The Morgan fingerprint density at radius 1 is 1.13 bits per heavy atom. The molecule has 2 aliphatic rings. The van der Waals surface area contributed by atoms with E-state index in [1.54, 1.807) is 14.2 Å².